The smallest absolute Gasteiger partial charge is 0.252 e. The van der Waals surface area contributed by atoms with Crippen molar-refractivity contribution in [1.29, 1.82) is 0 Å². The second-order valence-corrected chi connectivity index (χ2v) is 6.22. The minimum absolute atomic E-state index is 0.589. The first kappa shape index (κ1) is 13.4. The lowest BCUT2D eigenvalue weighted by Crippen LogP contribution is -2.03. The second kappa shape index (κ2) is 5.44. The van der Waals surface area contributed by atoms with Crippen LogP contribution in [0.1, 0.15) is 0 Å². The summed E-state index contributed by atoms with van der Waals surface area (Å²) in [5.41, 5.74) is 1.83. The number of pyridine rings is 1. The summed E-state index contributed by atoms with van der Waals surface area (Å²) in [7, 11) is 0. The lowest BCUT2D eigenvalue weighted by molar-refractivity contribution is 0.598. The Labute approximate surface area is 125 Å². The molecule has 1 aromatic heterocycles. The highest BCUT2D eigenvalue weighted by molar-refractivity contribution is 7.90. The number of halogens is 1. The van der Waals surface area contributed by atoms with Gasteiger partial charge in [0.1, 0.15) is 6.26 Å². The highest BCUT2D eigenvalue weighted by Gasteiger charge is 2.18. The van der Waals surface area contributed by atoms with Gasteiger partial charge in [-0.05, 0) is 23.1 Å². The number of nitrogens with zero attached hydrogens (tertiary/aromatic N) is 1. The number of hydrogen-bond acceptors (Lipinski definition) is 2. The second-order valence-electron chi connectivity index (χ2n) is 4.49. The number of aromatic nitrogens is 1. The summed E-state index contributed by atoms with van der Waals surface area (Å²) in [5, 5.41) is 3.31. The first-order chi connectivity index (χ1) is 9.66. The molecule has 3 aromatic rings. The van der Waals surface area contributed by atoms with Crippen molar-refractivity contribution in [1.82, 2.24) is 4.98 Å². The summed E-state index contributed by atoms with van der Waals surface area (Å²) in [6.45, 7) is 0. The summed E-state index contributed by atoms with van der Waals surface area (Å²) in [6, 6.07) is 15.5. The Morgan fingerprint density at radius 2 is 1.90 bits per heavy atom. The number of benzene rings is 2. The van der Waals surface area contributed by atoms with Crippen molar-refractivity contribution in [3.05, 3.63) is 59.8 Å². The molecule has 0 radical (unpaired) electrons. The molecule has 2 aromatic carbocycles. The Morgan fingerprint density at radius 1 is 1.10 bits per heavy atom. The molecule has 0 fully saturated rings. The van der Waals surface area contributed by atoms with Gasteiger partial charge in [0.05, 0.1) is 5.56 Å². The molecular weight excluding hydrogens is 290 g/mol. The van der Waals surface area contributed by atoms with Crippen LogP contribution >= 0.6 is 11.6 Å². The van der Waals surface area contributed by atoms with Crippen LogP contribution in [0.15, 0.2) is 59.8 Å². The molecule has 0 N–H and O–H groups in total. The monoisotopic (exact) mass is 301 g/mol. The lowest BCUT2D eigenvalue weighted by atomic mass is 10.0. The van der Waals surface area contributed by atoms with E-state index in [0.29, 0.717) is 10.0 Å². The van der Waals surface area contributed by atoms with Crippen LogP contribution < -0.4 is 0 Å². The van der Waals surface area contributed by atoms with E-state index < -0.39 is 11.2 Å². The van der Waals surface area contributed by atoms with E-state index >= 15 is 0 Å². The van der Waals surface area contributed by atoms with Crippen LogP contribution in [-0.4, -0.2) is 15.8 Å². The van der Waals surface area contributed by atoms with E-state index in [-0.39, 0.29) is 0 Å². The SMILES string of the molecule is C[S+]([O-])c1ncc2ccccc2c1-c1cccc(Cl)c1. The van der Waals surface area contributed by atoms with Gasteiger partial charge < -0.3 is 4.55 Å². The molecule has 0 spiro atoms. The molecule has 1 heterocycles. The number of hydrogen-bond donors (Lipinski definition) is 0. The molecule has 1 unspecified atom stereocenters. The molecular formula is C16H12ClNOS. The number of fused-ring (bicyclic) bond motifs is 1. The third kappa shape index (κ3) is 2.40. The maximum atomic E-state index is 12.0. The van der Waals surface area contributed by atoms with Gasteiger partial charge in [0, 0.05) is 27.8 Å². The minimum Gasteiger partial charge on any atom is -0.610 e. The van der Waals surface area contributed by atoms with Gasteiger partial charge in [-0.15, -0.1) is 0 Å². The van der Waals surface area contributed by atoms with Gasteiger partial charge in [0.25, 0.3) is 5.03 Å². The van der Waals surface area contributed by atoms with E-state index in [1.165, 1.54) is 0 Å². The highest BCUT2D eigenvalue weighted by atomic mass is 35.5. The predicted octanol–water partition coefficient (Wildman–Crippen LogP) is 4.29. The molecule has 0 aliphatic heterocycles. The molecule has 0 bridgehead atoms. The maximum absolute atomic E-state index is 12.0. The van der Waals surface area contributed by atoms with Gasteiger partial charge in [0.15, 0.2) is 0 Å². The van der Waals surface area contributed by atoms with Gasteiger partial charge in [-0.3, -0.25) is 0 Å². The van der Waals surface area contributed by atoms with Gasteiger partial charge in [-0.25, -0.2) is 4.98 Å². The fourth-order valence-electron chi connectivity index (χ4n) is 2.29. The molecule has 20 heavy (non-hydrogen) atoms. The summed E-state index contributed by atoms with van der Waals surface area (Å²) in [5.74, 6) is 0. The van der Waals surface area contributed by atoms with E-state index in [1.807, 2.05) is 48.5 Å². The molecule has 0 aliphatic rings. The van der Waals surface area contributed by atoms with Crippen molar-refractivity contribution >= 4 is 33.5 Å². The average molecular weight is 302 g/mol. The highest BCUT2D eigenvalue weighted by Crippen LogP contribution is 2.34. The van der Waals surface area contributed by atoms with Crippen LogP contribution in [0.4, 0.5) is 0 Å². The molecule has 0 saturated heterocycles. The van der Waals surface area contributed by atoms with Crippen molar-refractivity contribution in [3.8, 4) is 11.1 Å². The zero-order valence-corrected chi connectivity index (χ0v) is 12.4. The van der Waals surface area contributed by atoms with Crippen molar-refractivity contribution in [2.75, 3.05) is 6.26 Å². The van der Waals surface area contributed by atoms with Crippen LogP contribution in [0, 0.1) is 0 Å². The van der Waals surface area contributed by atoms with Crippen molar-refractivity contribution in [2.24, 2.45) is 0 Å². The molecule has 1 atom stereocenters. The van der Waals surface area contributed by atoms with Crippen molar-refractivity contribution < 1.29 is 4.55 Å². The molecule has 4 heteroatoms. The minimum atomic E-state index is -1.16. The molecule has 3 rings (SSSR count). The van der Waals surface area contributed by atoms with Gasteiger partial charge in [0.2, 0.25) is 0 Å². The van der Waals surface area contributed by atoms with E-state index in [4.69, 9.17) is 11.6 Å². The van der Waals surface area contributed by atoms with Crippen molar-refractivity contribution in [3.63, 3.8) is 0 Å². The van der Waals surface area contributed by atoms with Gasteiger partial charge in [-0.2, -0.15) is 0 Å². The van der Waals surface area contributed by atoms with E-state index in [9.17, 15) is 4.55 Å². The molecule has 0 aliphatic carbocycles. The molecule has 0 saturated carbocycles. The zero-order chi connectivity index (χ0) is 14.1. The Morgan fingerprint density at radius 3 is 2.65 bits per heavy atom. The third-order valence-corrected chi connectivity index (χ3v) is 4.24. The largest absolute Gasteiger partial charge is 0.610 e. The van der Waals surface area contributed by atoms with Crippen LogP contribution in [0.5, 0.6) is 0 Å². The average Bonchev–Trinajstić information content (AvgIpc) is 2.46. The third-order valence-electron chi connectivity index (χ3n) is 3.15. The first-order valence-corrected chi connectivity index (χ1v) is 8.07. The Kier molecular flexibility index (Phi) is 3.66. The molecule has 0 amide bonds. The first-order valence-electron chi connectivity index (χ1n) is 6.14. The van der Waals surface area contributed by atoms with E-state index in [2.05, 4.69) is 4.98 Å². The van der Waals surface area contributed by atoms with Crippen LogP contribution in [0.3, 0.4) is 0 Å². The van der Waals surface area contributed by atoms with Crippen LogP contribution in [0.25, 0.3) is 21.9 Å². The summed E-state index contributed by atoms with van der Waals surface area (Å²) < 4.78 is 12.0. The van der Waals surface area contributed by atoms with Gasteiger partial charge in [-0.1, -0.05) is 48.0 Å². The quantitative estimate of drug-likeness (QED) is 0.662. The Hall–Kier alpha value is -1.55. The molecule has 100 valence electrons. The fraction of sp³-hybridized carbons (Fsp3) is 0.0625. The standard InChI is InChI=1S/C16H12ClNOS/c1-20(19)16-15(11-6-4-7-13(17)9-11)14-8-3-2-5-12(14)10-18-16/h2-10H,1H3. The van der Waals surface area contributed by atoms with Crippen LogP contribution in [0.2, 0.25) is 5.02 Å². The fourth-order valence-corrected chi connectivity index (χ4v) is 3.19. The molecule has 2 nitrogen and oxygen atoms in total. The summed E-state index contributed by atoms with van der Waals surface area (Å²) >= 11 is 4.92. The normalized spacial score (nSPS) is 12.6. The van der Waals surface area contributed by atoms with E-state index in [0.717, 1.165) is 21.9 Å². The lowest BCUT2D eigenvalue weighted by Gasteiger charge is -2.12. The maximum Gasteiger partial charge on any atom is 0.252 e. The van der Waals surface area contributed by atoms with E-state index in [1.54, 1.807) is 12.5 Å². The Bertz CT molecular complexity index is 773. The predicted molar refractivity (Wildman–Crippen MR) is 84.5 cm³/mol. The topological polar surface area (TPSA) is 36.0 Å². The van der Waals surface area contributed by atoms with Crippen LogP contribution in [-0.2, 0) is 11.2 Å². The number of rotatable bonds is 2. The van der Waals surface area contributed by atoms with Gasteiger partial charge >= 0.3 is 0 Å². The summed E-state index contributed by atoms with van der Waals surface area (Å²) in [6.07, 6.45) is 3.41. The van der Waals surface area contributed by atoms with Crippen molar-refractivity contribution in [2.45, 2.75) is 5.03 Å². The zero-order valence-electron chi connectivity index (χ0n) is 10.8. The Balaban J connectivity index is 2.38. The summed E-state index contributed by atoms with van der Waals surface area (Å²) in [4.78, 5) is 4.37.